The Labute approximate surface area is 127 Å². The maximum atomic E-state index is 12.7. The summed E-state index contributed by atoms with van der Waals surface area (Å²) in [5, 5.41) is 17.3. The fraction of sp³-hybridized carbons (Fsp3) is 0.714. The lowest BCUT2D eigenvalue weighted by Crippen LogP contribution is -2.48. The minimum atomic E-state index is -0.893. The zero-order valence-corrected chi connectivity index (χ0v) is 14.0. The van der Waals surface area contributed by atoms with E-state index in [-0.39, 0.29) is 17.9 Å². The predicted molar refractivity (Wildman–Crippen MR) is 80.7 cm³/mol. The van der Waals surface area contributed by atoms with E-state index in [4.69, 9.17) is 0 Å². The Morgan fingerprint density at radius 2 is 2.20 bits per heavy atom. The largest absolute Gasteiger partial charge is 0.388 e. The second-order valence-corrected chi connectivity index (χ2v) is 7.06. The van der Waals surface area contributed by atoms with Crippen molar-refractivity contribution in [1.29, 1.82) is 0 Å². The lowest BCUT2D eigenvalue weighted by atomic mass is 9.96. The molecule has 2 N–H and O–H groups in total. The van der Waals surface area contributed by atoms with Gasteiger partial charge in [0.05, 0.1) is 21.8 Å². The summed E-state index contributed by atoms with van der Waals surface area (Å²) in [4.78, 5) is 14.4. The number of nitrogens with zero attached hydrogens (tertiary/aromatic N) is 2. The Kier molecular flexibility index (Phi) is 4.25. The molecule has 0 aliphatic carbocycles. The van der Waals surface area contributed by atoms with Crippen LogP contribution in [0.15, 0.2) is 4.47 Å². The number of aromatic amines is 1. The lowest BCUT2D eigenvalue weighted by molar-refractivity contribution is 0.0000803. The minimum Gasteiger partial charge on any atom is -0.388 e. The number of aliphatic hydroxyl groups is 1. The Hall–Kier alpha value is -0.880. The van der Waals surface area contributed by atoms with Crippen molar-refractivity contribution in [3.63, 3.8) is 0 Å². The van der Waals surface area contributed by atoms with E-state index in [0.717, 1.165) is 23.0 Å². The Bertz CT molecular complexity index is 505. The van der Waals surface area contributed by atoms with Crippen LogP contribution in [0.2, 0.25) is 0 Å². The van der Waals surface area contributed by atoms with E-state index >= 15 is 0 Å². The average Bonchev–Trinajstić information content (AvgIpc) is 2.92. The minimum absolute atomic E-state index is 0.121. The normalized spacial score (nSPS) is 19.9. The number of H-pyrrole nitrogens is 1. The van der Waals surface area contributed by atoms with E-state index in [9.17, 15) is 9.90 Å². The van der Waals surface area contributed by atoms with E-state index in [1.807, 2.05) is 13.8 Å². The van der Waals surface area contributed by atoms with Crippen LogP contribution in [0.3, 0.4) is 0 Å². The van der Waals surface area contributed by atoms with Gasteiger partial charge in [0.15, 0.2) is 5.69 Å². The number of aromatic nitrogens is 2. The first-order chi connectivity index (χ1) is 9.23. The van der Waals surface area contributed by atoms with E-state index in [0.29, 0.717) is 12.2 Å². The van der Waals surface area contributed by atoms with Crippen molar-refractivity contribution in [1.82, 2.24) is 15.1 Å². The number of hydrogen-bond donors (Lipinski definition) is 2. The fourth-order valence-corrected chi connectivity index (χ4v) is 3.55. The molecule has 20 heavy (non-hydrogen) atoms. The van der Waals surface area contributed by atoms with Crippen LogP contribution in [0.1, 0.15) is 62.6 Å². The molecular weight excluding hydrogens is 322 g/mol. The fourth-order valence-electron chi connectivity index (χ4n) is 2.75. The van der Waals surface area contributed by atoms with Gasteiger partial charge in [-0.05, 0) is 48.5 Å². The zero-order valence-electron chi connectivity index (χ0n) is 12.4. The quantitative estimate of drug-likeness (QED) is 0.886. The first kappa shape index (κ1) is 15.5. The van der Waals surface area contributed by atoms with Crippen molar-refractivity contribution < 1.29 is 9.90 Å². The van der Waals surface area contributed by atoms with Gasteiger partial charge in [-0.15, -0.1) is 0 Å². The van der Waals surface area contributed by atoms with Crippen molar-refractivity contribution in [2.24, 2.45) is 0 Å². The molecule has 0 saturated carbocycles. The number of carbonyl (C=O) groups excluding carboxylic acids is 1. The van der Waals surface area contributed by atoms with Crippen LogP contribution in [0.25, 0.3) is 0 Å². The molecule has 112 valence electrons. The molecule has 5 nitrogen and oxygen atoms in total. The van der Waals surface area contributed by atoms with Gasteiger partial charge in [-0.1, -0.05) is 13.8 Å². The summed E-state index contributed by atoms with van der Waals surface area (Å²) in [6.45, 7) is 8.26. The van der Waals surface area contributed by atoms with Crippen LogP contribution in [-0.4, -0.2) is 44.3 Å². The molecule has 1 fully saturated rings. The number of nitrogens with one attached hydrogen (secondary N) is 1. The molecule has 1 amide bonds. The Balaban J connectivity index is 2.28. The van der Waals surface area contributed by atoms with Gasteiger partial charge in [0.2, 0.25) is 0 Å². The molecule has 6 heteroatoms. The van der Waals surface area contributed by atoms with Gasteiger partial charge < -0.3 is 10.0 Å². The smallest absolute Gasteiger partial charge is 0.275 e. The Morgan fingerprint density at radius 1 is 1.55 bits per heavy atom. The number of carbonyl (C=O) groups is 1. The van der Waals surface area contributed by atoms with Crippen LogP contribution < -0.4 is 0 Å². The standard InChI is InChI=1S/C14H22BrN3O2/c1-8(2)11-10(15)12(17-16-11)13(19)18-7-5-6-9(18)14(3,4)20/h8-9,20H,5-7H2,1-4H3,(H,16,17). The number of rotatable bonds is 3. The van der Waals surface area contributed by atoms with Gasteiger partial charge in [-0.3, -0.25) is 9.89 Å². The maximum absolute atomic E-state index is 12.7. The van der Waals surface area contributed by atoms with Gasteiger partial charge in [0.1, 0.15) is 0 Å². The van der Waals surface area contributed by atoms with Crippen molar-refractivity contribution in [2.75, 3.05) is 6.54 Å². The second-order valence-electron chi connectivity index (χ2n) is 6.26. The maximum Gasteiger partial charge on any atom is 0.275 e. The van der Waals surface area contributed by atoms with Crippen LogP contribution in [0.4, 0.5) is 0 Å². The molecule has 1 aromatic heterocycles. The number of likely N-dealkylation sites (tertiary alicyclic amines) is 1. The third kappa shape index (κ3) is 2.76. The molecule has 0 aromatic carbocycles. The highest BCUT2D eigenvalue weighted by atomic mass is 79.9. The Morgan fingerprint density at radius 3 is 2.70 bits per heavy atom. The molecule has 1 unspecified atom stereocenters. The van der Waals surface area contributed by atoms with E-state index in [2.05, 4.69) is 26.1 Å². The molecule has 0 spiro atoms. The van der Waals surface area contributed by atoms with Crippen molar-refractivity contribution in [3.8, 4) is 0 Å². The molecule has 0 bridgehead atoms. The summed E-state index contributed by atoms with van der Waals surface area (Å²) in [5.74, 6) is 0.145. The highest BCUT2D eigenvalue weighted by molar-refractivity contribution is 9.10. The summed E-state index contributed by atoms with van der Waals surface area (Å²) in [7, 11) is 0. The topological polar surface area (TPSA) is 69.2 Å². The molecule has 1 saturated heterocycles. The molecule has 0 radical (unpaired) electrons. The monoisotopic (exact) mass is 343 g/mol. The highest BCUT2D eigenvalue weighted by Gasteiger charge is 2.40. The van der Waals surface area contributed by atoms with Crippen molar-refractivity contribution in [3.05, 3.63) is 15.9 Å². The van der Waals surface area contributed by atoms with Crippen LogP contribution in [0.5, 0.6) is 0 Å². The van der Waals surface area contributed by atoms with E-state index in [1.165, 1.54) is 0 Å². The first-order valence-electron chi connectivity index (χ1n) is 7.00. The number of halogens is 1. The summed E-state index contributed by atoms with van der Waals surface area (Å²) in [5.41, 5.74) is 0.438. The molecule has 2 heterocycles. The van der Waals surface area contributed by atoms with E-state index < -0.39 is 5.60 Å². The number of amides is 1. The third-order valence-electron chi connectivity index (χ3n) is 3.84. The molecule has 1 aliphatic rings. The van der Waals surface area contributed by atoms with Gasteiger partial charge in [-0.25, -0.2) is 0 Å². The first-order valence-corrected chi connectivity index (χ1v) is 7.80. The number of hydrogen-bond acceptors (Lipinski definition) is 3. The summed E-state index contributed by atoms with van der Waals surface area (Å²) in [6, 6.07) is -0.152. The zero-order chi connectivity index (χ0) is 15.1. The van der Waals surface area contributed by atoms with Crippen LogP contribution >= 0.6 is 15.9 Å². The molecule has 1 aromatic rings. The lowest BCUT2D eigenvalue weighted by Gasteiger charge is -2.33. The van der Waals surface area contributed by atoms with Gasteiger partial charge >= 0.3 is 0 Å². The summed E-state index contributed by atoms with van der Waals surface area (Å²) in [6.07, 6.45) is 1.74. The highest BCUT2D eigenvalue weighted by Crippen LogP contribution is 2.31. The van der Waals surface area contributed by atoms with Crippen LogP contribution in [-0.2, 0) is 0 Å². The third-order valence-corrected chi connectivity index (χ3v) is 4.64. The van der Waals surface area contributed by atoms with Crippen molar-refractivity contribution >= 4 is 21.8 Å². The summed E-state index contributed by atoms with van der Waals surface area (Å²) >= 11 is 3.47. The van der Waals surface area contributed by atoms with E-state index in [1.54, 1.807) is 18.7 Å². The summed E-state index contributed by atoms with van der Waals surface area (Å²) < 4.78 is 0.735. The SMILES string of the molecule is CC(C)c1[nH]nc(C(=O)N2CCCC2C(C)(C)O)c1Br. The van der Waals surface area contributed by atoms with Crippen molar-refractivity contribution in [2.45, 2.75) is 58.1 Å². The van der Waals surface area contributed by atoms with Gasteiger partial charge in [0.25, 0.3) is 5.91 Å². The van der Waals surface area contributed by atoms with Crippen LogP contribution in [0, 0.1) is 0 Å². The van der Waals surface area contributed by atoms with Gasteiger partial charge in [-0.2, -0.15) is 5.10 Å². The average molecular weight is 344 g/mol. The second kappa shape index (κ2) is 5.48. The van der Waals surface area contributed by atoms with Gasteiger partial charge in [0, 0.05) is 6.54 Å². The molecule has 1 atom stereocenters. The molecule has 1 aliphatic heterocycles. The predicted octanol–water partition coefficient (Wildman–Crippen LogP) is 2.67. The molecule has 2 rings (SSSR count). The molecular formula is C14H22BrN3O2.